The Balaban J connectivity index is 1.39. The molecule has 1 aliphatic heterocycles. The Labute approximate surface area is 171 Å². The van der Waals surface area contributed by atoms with Gasteiger partial charge in [-0.05, 0) is 48.0 Å². The molecule has 0 atom stereocenters. The first kappa shape index (κ1) is 18.1. The highest BCUT2D eigenvalue weighted by Crippen LogP contribution is 2.32. The van der Waals surface area contributed by atoms with Gasteiger partial charge < -0.3 is 19.4 Å². The highest BCUT2D eigenvalue weighted by Gasteiger charge is 2.17. The molecule has 5 rings (SSSR count). The summed E-state index contributed by atoms with van der Waals surface area (Å²) in [7, 11) is 0. The van der Waals surface area contributed by atoms with Crippen LogP contribution < -0.4 is 14.8 Å². The number of hydrogen-bond acceptors (Lipinski definition) is 5. The highest BCUT2D eigenvalue weighted by molar-refractivity contribution is 5.94. The van der Waals surface area contributed by atoms with Gasteiger partial charge in [0, 0.05) is 11.8 Å². The summed E-state index contributed by atoms with van der Waals surface area (Å²) in [5.74, 6) is 1.29. The molecule has 8 heteroatoms. The van der Waals surface area contributed by atoms with Crippen molar-refractivity contribution in [3.63, 3.8) is 0 Å². The van der Waals surface area contributed by atoms with Gasteiger partial charge in [-0.1, -0.05) is 12.1 Å². The van der Waals surface area contributed by atoms with Crippen molar-refractivity contribution in [1.29, 1.82) is 0 Å². The third kappa shape index (κ3) is 3.43. The summed E-state index contributed by atoms with van der Waals surface area (Å²) in [6, 6.07) is 15.0. The average molecular weight is 404 g/mol. The molecule has 0 bridgehead atoms. The van der Waals surface area contributed by atoms with Crippen molar-refractivity contribution in [1.82, 2.24) is 19.9 Å². The van der Waals surface area contributed by atoms with E-state index in [1.165, 1.54) is 12.1 Å². The second-order valence-electron chi connectivity index (χ2n) is 6.84. The predicted molar refractivity (Wildman–Crippen MR) is 107 cm³/mol. The molecule has 0 unspecified atom stereocenters. The lowest BCUT2D eigenvalue weighted by Crippen LogP contribution is -2.25. The molecule has 0 aliphatic carbocycles. The third-order valence-electron chi connectivity index (χ3n) is 4.88. The number of aromatic nitrogens is 3. The van der Waals surface area contributed by atoms with E-state index in [0.717, 1.165) is 11.1 Å². The Bertz CT molecular complexity index is 1240. The molecule has 30 heavy (non-hydrogen) atoms. The van der Waals surface area contributed by atoms with Crippen molar-refractivity contribution in [2.24, 2.45) is 0 Å². The number of imidazole rings is 1. The summed E-state index contributed by atoms with van der Waals surface area (Å²) in [5.41, 5.74) is 2.81. The molecule has 1 N–H and O–H groups in total. The van der Waals surface area contributed by atoms with Crippen molar-refractivity contribution >= 4 is 17.1 Å². The fourth-order valence-corrected chi connectivity index (χ4v) is 3.38. The van der Waals surface area contributed by atoms with Gasteiger partial charge in [0.1, 0.15) is 17.2 Å². The van der Waals surface area contributed by atoms with Gasteiger partial charge in [-0.2, -0.15) is 0 Å². The normalized spacial score (nSPS) is 12.3. The molecule has 0 spiro atoms. The maximum atomic E-state index is 13.3. The van der Waals surface area contributed by atoms with Gasteiger partial charge in [0.25, 0.3) is 5.91 Å². The molecule has 1 aliphatic rings. The van der Waals surface area contributed by atoms with Crippen LogP contribution in [-0.4, -0.2) is 27.2 Å². The van der Waals surface area contributed by atoms with Crippen molar-refractivity contribution in [3.8, 4) is 11.5 Å². The first-order valence-corrected chi connectivity index (χ1v) is 9.40. The standard InChI is InChI=1S/C22H17FN4O3/c23-16-6-3-14(4-7-16)12-27-20(26-17-2-1-9-24-21(17)27)11-25-22(28)15-5-8-18-19(10-15)30-13-29-18/h1-10H,11-13H2,(H,25,28). The molecule has 0 saturated carbocycles. The fraction of sp³-hybridized carbons (Fsp3) is 0.136. The lowest BCUT2D eigenvalue weighted by Gasteiger charge is -2.10. The zero-order chi connectivity index (χ0) is 20.5. The van der Waals surface area contributed by atoms with E-state index in [2.05, 4.69) is 15.3 Å². The number of fused-ring (bicyclic) bond motifs is 2. The number of pyridine rings is 1. The summed E-state index contributed by atoms with van der Waals surface area (Å²) in [4.78, 5) is 21.7. The van der Waals surface area contributed by atoms with Crippen LogP contribution in [0, 0.1) is 5.82 Å². The first-order valence-electron chi connectivity index (χ1n) is 9.40. The number of amides is 1. The molecule has 3 heterocycles. The number of halogens is 1. The SMILES string of the molecule is O=C(NCc1nc2cccnc2n1Cc1ccc(F)cc1)c1ccc2c(c1)OCO2. The Morgan fingerprint density at radius 1 is 1.10 bits per heavy atom. The number of benzene rings is 2. The molecule has 2 aromatic carbocycles. The minimum atomic E-state index is -0.288. The predicted octanol–water partition coefficient (Wildman–Crippen LogP) is 3.28. The largest absolute Gasteiger partial charge is 0.454 e. The average Bonchev–Trinajstić information content (AvgIpc) is 3.37. The molecule has 1 amide bonds. The van der Waals surface area contributed by atoms with Gasteiger partial charge in [0.2, 0.25) is 6.79 Å². The Morgan fingerprint density at radius 2 is 1.93 bits per heavy atom. The lowest BCUT2D eigenvalue weighted by molar-refractivity contribution is 0.0949. The minimum Gasteiger partial charge on any atom is -0.454 e. The molecule has 0 fully saturated rings. The summed E-state index contributed by atoms with van der Waals surface area (Å²) in [6.07, 6.45) is 1.69. The number of nitrogens with zero attached hydrogens (tertiary/aromatic N) is 3. The lowest BCUT2D eigenvalue weighted by atomic mass is 10.2. The van der Waals surface area contributed by atoms with Gasteiger partial charge in [0.05, 0.1) is 13.1 Å². The molecule has 4 aromatic rings. The first-order chi connectivity index (χ1) is 14.7. The monoisotopic (exact) mass is 404 g/mol. The minimum absolute atomic E-state index is 0.154. The van der Waals surface area contributed by atoms with E-state index in [1.54, 1.807) is 36.5 Å². The fourth-order valence-electron chi connectivity index (χ4n) is 3.38. The van der Waals surface area contributed by atoms with E-state index in [1.807, 2.05) is 16.7 Å². The highest BCUT2D eigenvalue weighted by atomic mass is 19.1. The molecule has 0 radical (unpaired) electrons. The van der Waals surface area contributed by atoms with E-state index in [-0.39, 0.29) is 25.1 Å². The van der Waals surface area contributed by atoms with Crippen LogP contribution >= 0.6 is 0 Å². The van der Waals surface area contributed by atoms with E-state index < -0.39 is 0 Å². The molecule has 7 nitrogen and oxygen atoms in total. The molecular formula is C22H17FN4O3. The quantitative estimate of drug-likeness (QED) is 0.552. The van der Waals surface area contributed by atoms with E-state index in [0.29, 0.717) is 35.1 Å². The van der Waals surface area contributed by atoms with Crippen molar-refractivity contribution in [2.75, 3.05) is 6.79 Å². The van der Waals surface area contributed by atoms with Gasteiger partial charge >= 0.3 is 0 Å². The van der Waals surface area contributed by atoms with E-state index in [9.17, 15) is 9.18 Å². The molecule has 150 valence electrons. The van der Waals surface area contributed by atoms with Crippen LogP contribution in [0.15, 0.2) is 60.8 Å². The Hall–Kier alpha value is -3.94. The van der Waals surface area contributed by atoms with Gasteiger partial charge in [-0.25, -0.2) is 14.4 Å². The van der Waals surface area contributed by atoms with Crippen molar-refractivity contribution in [2.45, 2.75) is 13.1 Å². The number of rotatable bonds is 5. The van der Waals surface area contributed by atoms with E-state index in [4.69, 9.17) is 9.47 Å². The maximum absolute atomic E-state index is 13.3. The topological polar surface area (TPSA) is 78.3 Å². The van der Waals surface area contributed by atoms with Crippen molar-refractivity contribution in [3.05, 3.63) is 83.6 Å². The number of ether oxygens (including phenoxy) is 2. The smallest absolute Gasteiger partial charge is 0.251 e. The second kappa shape index (κ2) is 7.47. The zero-order valence-corrected chi connectivity index (χ0v) is 15.8. The van der Waals surface area contributed by atoms with Crippen LogP contribution in [-0.2, 0) is 13.1 Å². The third-order valence-corrected chi connectivity index (χ3v) is 4.88. The molecule has 0 saturated heterocycles. The second-order valence-corrected chi connectivity index (χ2v) is 6.84. The summed E-state index contributed by atoms with van der Waals surface area (Å²) in [5, 5.41) is 2.90. The van der Waals surface area contributed by atoms with E-state index >= 15 is 0 Å². The number of carbonyl (C=O) groups is 1. The van der Waals surface area contributed by atoms with Gasteiger partial charge in [0.15, 0.2) is 17.1 Å². The van der Waals surface area contributed by atoms with Crippen LogP contribution in [0.2, 0.25) is 0 Å². The summed E-state index contributed by atoms with van der Waals surface area (Å²) in [6.45, 7) is 0.828. The van der Waals surface area contributed by atoms with Crippen LogP contribution in [0.1, 0.15) is 21.7 Å². The molecule has 2 aromatic heterocycles. The van der Waals surface area contributed by atoms with Crippen LogP contribution in [0.3, 0.4) is 0 Å². The Kier molecular flexibility index (Phi) is 4.51. The van der Waals surface area contributed by atoms with Crippen LogP contribution in [0.25, 0.3) is 11.2 Å². The van der Waals surface area contributed by atoms with Gasteiger partial charge in [-0.15, -0.1) is 0 Å². The summed E-state index contributed by atoms with van der Waals surface area (Å²) >= 11 is 0. The summed E-state index contributed by atoms with van der Waals surface area (Å²) < 4.78 is 25.8. The van der Waals surface area contributed by atoms with Crippen LogP contribution in [0.5, 0.6) is 11.5 Å². The van der Waals surface area contributed by atoms with Gasteiger partial charge in [-0.3, -0.25) is 4.79 Å². The number of carbonyl (C=O) groups excluding carboxylic acids is 1. The number of nitrogens with one attached hydrogen (secondary N) is 1. The molecular weight excluding hydrogens is 387 g/mol. The zero-order valence-electron chi connectivity index (χ0n) is 15.8. The van der Waals surface area contributed by atoms with Crippen LogP contribution in [0.4, 0.5) is 4.39 Å². The van der Waals surface area contributed by atoms with Crippen molar-refractivity contribution < 1.29 is 18.7 Å². The maximum Gasteiger partial charge on any atom is 0.251 e. The number of hydrogen-bond donors (Lipinski definition) is 1. The Morgan fingerprint density at radius 3 is 2.80 bits per heavy atom.